The first-order valence-electron chi connectivity index (χ1n) is 7.47. The van der Waals surface area contributed by atoms with Gasteiger partial charge in [-0.25, -0.2) is 8.42 Å². The van der Waals surface area contributed by atoms with Crippen LogP contribution in [-0.2, 0) is 22.9 Å². The zero-order valence-electron chi connectivity index (χ0n) is 11.9. The Balaban J connectivity index is 0.00000132. The van der Waals surface area contributed by atoms with Gasteiger partial charge < -0.3 is 5.32 Å². The van der Waals surface area contributed by atoms with Gasteiger partial charge in [0, 0.05) is 13.1 Å². The highest BCUT2D eigenvalue weighted by atomic mass is 35.5. The standard InChI is InChI=1S/C15H20N2O2S.ClH/c18-20(19,17-9-13-7-16-8-14(13)10-17)15-5-4-11-2-1-3-12(11)6-15;/h4-6,13-14,16H,1-3,7-10H2;1H/t13-,14+;. The van der Waals surface area contributed by atoms with Crippen LogP contribution in [0.1, 0.15) is 17.5 Å². The number of rotatable bonds is 2. The van der Waals surface area contributed by atoms with E-state index in [0.717, 1.165) is 32.4 Å². The molecular formula is C15H21ClN2O2S. The lowest BCUT2D eigenvalue weighted by Crippen LogP contribution is -2.32. The summed E-state index contributed by atoms with van der Waals surface area (Å²) in [4.78, 5) is 0.492. The van der Waals surface area contributed by atoms with Crippen molar-refractivity contribution < 1.29 is 8.42 Å². The van der Waals surface area contributed by atoms with Gasteiger partial charge in [0.05, 0.1) is 4.90 Å². The molecule has 2 fully saturated rings. The molecule has 2 atom stereocenters. The number of hydrogen-bond acceptors (Lipinski definition) is 3. The minimum Gasteiger partial charge on any atom is -0.316 e. The van der Waals surface area contributed by atoms with E-state index in [4.69, 9.17) is 0 Å². The highest BCUT2D eigenvalue weighted by Gasteiger charge is 2.41. The number of sulfonamides is 1. The molecule has 4 rings (SSSR count). The molecule has 4 nitrogen and oxygen atoms in total. The lowest BCUT2D eigenvalue weighted by Gasteiger charge is -2.18. The predicted octanol–water partition coefficient (Wildman–Crippen LogP) is 1.44. The van der Waals surface area contributed by atoms with E-state index in [2.05, 4.69) is 5.32 Å². The molecule has 0 unspecified atom stereocenters. The van der Waals surface area contributed by atoms with Crippen LogP contribution in [0.5, 0.6) is 0 Å². The van der Waals surface area contributed by atoms with Crippen LogP contribution in [0.2, 0.25) is 0 Å². The van der Waals surface area contributed by atoms with Crippen LogP contribution in [0.3, 0.4) is 0 Å². The summed E-state index contributed by atoms with van der Waals surface area (Å²) in [5.74, 6) is 0.999. The summed E-state index contributed by atoms with van der Waals surface area (Å²) < 4.78 is 27.2. The predicted molar refractivity (Wildman–Crippen MR) is 84.3 cm³/mol. The van der Waals surface area contributed by atoms with Crippen molar-refractivity contribution in [3.63, 3.8) is 0 Å². The Morgan fingerprint density at radius 2 is 1.71 bits per heavy atom. The maximum Gasteiger partial charge on any atom is 0.243 e. The van der Waals surface area contributed by atoms with Gasteiger partial charge in [0.2, 0.25) is 10.0 Å². The maximum absolute atomic E-state index is 12.8. The van der Waals surface area contributed by atoms with Crippen molar-refractivity contribution in [3.05, 3.63) is 29.3 Å². The van der Waals surface area contributed by atoms with E-state index >= 15 is 0 Å². The monoisotopic (exact) mass is 328 g/mol. The largest absolute Gasteiger partial charge is 0.316 e. The molecule has 6 heteroatoms. The van der Waals surface area contributed by atoms with E-state index in [1.807, 2.05) is 12.1 Å². The molecule has 2 saturated heterocycles. The summed E-state index contributed by atoms with van der Waals surface area (Å²) in [7, 11) is -3.30. The van der Waals surface area contributed by atoms with Gasteiger partial charge in [-0.3, -0.25) is 0 Å². The van der Waals surface area contributed by atoms with Gasteiger partial charge in [0.1, 0.15) is 0 Å². The average molecular weight is 329 g/mol. The fourth-order valence-electron chi connectivity index (χ4n) is 3.87. The zero-order valence-corrected chi connectivity index (χ0v) is 13.5. The molecule has 3 aliphatic rings. The summed E-state index contributed by atoms with van der Waals surface area (Å²) in [5.41, 5.74) is 2.55. The molecular weight excluding hydrogens is 308 g/mol. The molecule has 0 bridgehead atoms. The number of nitrogens with one attached hydrogen (secondary N) is 1. The summed E-state index contributed by atoms with van der Waals surface area (Å²) in [6.07, 6.45) is 3.27. The van der Waals surface area contributed by atoms with Crippen molar-refractivity contribution in [1.29, 1.82) is 0 Å². The van der Waals surface area contributed by atoms with Gasteiger partial charge in [-0.1, -0.05) is 6.07 Å². The fourth-order valence-corrected chi connectivity index (χ4v) is 5.47. The SMILES string of the molecule is Cl.O=S(=O)(c1ccc2c(c1)CCC2)N1C[C@H]2CNC[C@H]2C1. The Morgan fingerprint density at radius 1 is 1.05 bits per heavy atom. The minimum atomic E-state index is -3.30. The van der Waals surface area contributed by atoms with E-state index in [1.165, 1.54) is 11.1 Å². The van der Waals surface area contributed by atoms with Gasteiger partial charge in [-0.2, -0.15) is 4.31 Å². The molecule has 2 aliphatic heterocycles. The van der Waals surface area contributed by atoms with Gasteiger partial charge in [-0.15, -0.1) is 12.4 Å². The third-order valence-corrected chi connectivity index (χ3v) is 6.89. The number of benzene rings is 1. The molecule has 1 aromatic carbocycles. The first kappa shape index (κ1) is 15.3. The Labute approximate surface area is 132 Å². The van der Waals surface area contributed by atoms with Crippen molar-refractivity contribution in [2.45, 2.75) is 24.2 Å². The molecule has 21 heavy (non-hydrogen) atoms. The van der Waals surface area contributed by atoms with Crippen molar-refractivity contribution >= 4 is 22.4 Å². The van der Waals surface area contributed by atoms with Crippen molar-refractivity contribution in [3.8, 4) is 0 Å². The van der Waals surface area contributed by atoms with E-state index < -0.39 is 10.0 Å². The van der Waals surface area contributed by atoms with Crippen molar-refractivity contribution in [1.82, 2.24) is 9.62 Å². The maximum atomic E-state index is 12.8. The number of nitrogens with zero attached hydrogens (tertiary/aromatic N) is 1. The van der Waals surface area contributed by atoms with E-state index in [1.54, 1.807) is 10.4 Å². The second-order valence-electron chi connectivity index (χ2n) is 6.28. The van der Waals surface area contributed by atoms with Crippen LogP contribution >= 0.6 is 12.4 Å². The van der Waals surface area contributed by atoms with Gasteiger partial charge >= 0.3 is 0 Å². The van der Waals surface area contributed by atoms with Crippen LogP contribution < -0.4 is 5.32 Å². The average Bonchev–Trinajstić information content (AvgIpc) is 3.12. The zero-order chi connectivity index (χ0) is 13.7. The molecule has 1 N–H and O–H groups in total. The summed E-state index contributed by atoms with van der Waals surface area (Å²) >= 11 is 0. The third kappa shape index (κ3) is 2.50. The Hall–Kier alpha value is -0.620. The molecule has 0 saturated carbocycles. The highest BCUT2D eigenvalue weighted by molar-refractivity contribution is 7.89. The fraction of sp³-hybridized carbons (Fsp3) is 0.600. The number of hydrogen-bond donors (Lipinski definition) is 1. The lowest BCUT2D eigenvalue weighted by atomic mass is 10.0. The van der Waals surface area contributed by atoms with E-state index in [-0.39, 0.29) is 12.4 Å². The van der Waals surface area contributed by atoms with Gasteiger partial charge in [-0.05, 0) is 67.4 Å². The minimum absolute atomic E-state index is 0. The molecule has 2 heterocycles. The molecule has 1 aromatic rings. The van der Waals surface area contributed by atoms with E-state index in [9.17, 15) is 8.42 Å². The summed E-state index contributed by atoms with van der Waals surface area (Å²) in [5, 5.41) is 3.35. The first-order chi connectivity index (χ1) is 9.64. The van der Waals surface area contributed by atoms with Crippen LogP contribution in [-0.4, -0.2) is 38.9 Å². The smallest absolute Gasteiger partial charge is 0.243 e. The second-order valence-corrected chi connectivity index (χ2v) is 8.22. The Bertz CT molecular complexity index is 635. The first-order valence-corrected chi connectivity index (χ1v) is 8.91. The molecule has 116 valence electrons. The lowest BCUT2D eigenvalue weighted by molar-refractivity contribution is 0.448. The molecule has 0 amide bonds. The summed E-state index contributed by atoms with van der Waals surface area (Å²) in [6.45, 7) is 3.27. The topological polar surface area (TPSA) is 49.4 Å². The number of fused-ring (bicyclic) bond motifs is 2. The molecule has 0 aromatic heterocycles. The molecule has 0 spiro atoms. The Kier molecular flexibility index (Phi) is 4.03. The van der Waals surface area contributed by atoms with Gasteiger partial charge in [0.15, 0.2) is 0 Å². The second kappa shape index (κ2) is 5.54. The van der Waals surface area contributed by atoms with E-state index in [0.29, 0.717) is 29.8 Å². The Morgan fingerprint density at radius 3 is 2.43 bits per heavy atom. The quantitative estimate of drug-likeness (QED) is 0.893. The molecule has 1 aliphatic carbocycles. The van der Waals surface area contributed by atoms with Crippen molar-refractivity contribution in [2.75, 3.05) is 26.2 Å². The van der Waals surface area contributed by atoms with Crippen LogP contribution in [0, 0.1) is 11.8 Å². The van der Waals surface area contributed by atoms with Crippen LogP contribution in [0.4, 0.5) is 0 Å². The van der Waals surface area contributed by atoms with Crippen LogP contribution in [0.15, 0.2) is 23.1 Å². The molecule has 0 radical (unpaired) electrons. The highest BCUT2D eigenvalue weighted by Crippen LogP contribution is 2.32. The van der Waals surface area contributed by atoms with Crippen LogP contribution in [0.25, 0.3) is 0 Å². The number of halogens is 1. The third-order valence-electron chi connectivity index (χ3n) is 5.06. The van der Waals surface area contributed by atoms with Gasteiger partial charge in [0.25, 0.3) is 0 Å². The summed E-state index contributed by atoms with van der Waals surface area (Å²) in [6, 6.07) is 5.71. The van der Waals surface area contributed by atoms with Crippen molar-refractivity contribution in [2.24, 2.45) is 11.8 Å². The normalized spacial score (nSPS) is 28.2. The number of aryl methyl sites for hydroxylation is 2.